The lowest BCUT2D eigenvalue weighted by atomic mass is 10.1. The van der Waals surface area contributed by atoms with E-state index in [-0.39, 0.29) is 12.5 Å². The number of nitrogens with zero attached hydrogens (tertiary/aromatic N) is 3. The molecule has 1 amide bonds. The maximum Gasteiger partial charge on any atom is 0.254 e. The van der Waals surface area contributed by atoms with Gasteiger partial charge in [0, 0.05) is 18.2 Å². The third kappa shape index (κ3) is 3.98. The number of carbonyl (C=O) groups is 1. The second-order valence-electron chi connectivity index (χ2n) is 6.53. The minimum absolute atomic E-state index is 0.103. The first-order chi connectivity index (χ1) is 13.4. The van der Waals surface area contributed by atoms with E-state index in [9.17, 15) is 4.79 Å². The summed E-state index contributed by atoms with van der Waals surface area (Å²) in [6, 6.07) is 11.0. The van der Waals surface area contributed by atoms with Gasteiger partial charge < -0.3 is 18.8 Å². The molecule has 7 heteroatoms. The highest BCUT2D eigenvalue weighted by Crippen LogP contribution is 2.31. The van der Waals surface area contributed by atoms with Crippen molar-refractivity contribution in [2.45, 2.75) is 20.4 Å². The number of aryl methyl sites for hydroxylation is 2. The maximum atomic E-state index is 12.6. The molecule has 0 atom stereocenters. The molecule has 0 unspecified atom stereocenters. The highest BCUT2D eigenvalue weighted by molar-refractivity contribution is 5.94. The summed E-state index contributed by atoms with van der Waals surface area (Å²) < 4.78 is 16.3. The van der Waals surface area contributed by atoms with Gasteiger partial charge in [-0.3, -0.25) is 4.79 Å². The zero-order valence-corrected chi connectivity index (χ0v) is 16.6. The Morgan fingerprint density at radius 3 is 2.43 bits per heavy atom. The molecular weight excluding hydrogens is 358 g/mol. The Balaban J connectivity index is 1.75. The third-order valence-corrected chi connectivity index (χ3v) is 4.57. The van der Waals surface area contributed by atoms with Gasteiger partial charge >= 0.3 is 0 Å². The fourth-order valence-corrected chi connectivity index (χ4v) is 2.77. The number of benzene rings is 2. The van der Waals surface area contributed by atoms with Crippen molar-refractivity contribution in [3.63, 3.8) is 0 Å². The molecule has 0 aliphatic carbocycles. The average Bonchev–Trinajstić information content (AvgIpc) is 3.17. The largest absolute Gasteiger partial charge is 0.493 e. The second-order valence-corrected chi connectivity index (χ2v) is 6.53. The number of carbonyl (C=O) groups excluding carboxylic acids is 1. The van der Waals surface area contributed by atoms with Crippen LogP contribution in [-0.2, 0) is 6.54 Å². The Kier molecular flexibility index (Phi) is 5.63. The van der Waals surface area contributed by atoms with Crippen molar-refractivity contribution in [2.24, 2.45) is 0 Å². The molecule has 3 aromatic rings. The SMILES string of the molecule is COc1ccc(-c2nnc(CN(C)C(=O)c3ccc(C)c(C)c3)o2)cc1OC. The van der Waals surface area contributed by atoms with Gasteiger partial charge in [0.1, 0.15) is 0 Å². The first-order valence-corrected chi connectivity index (χ1v) is 8.80. The van der Waals surface area contributed by atoms with E-state index in [1.54, 1.807) is 38.3 Å². The predicted molar refractivity (Wildman–Crippen MR) is 105 cm³/mol. The van der Waals surface area contributed by atoms with E-state index >= 15 is 0 Å². The molecule has 146 valence electrons. The monoisotopic (exact) mass is 381 g/mol. The Bertz CT molecular complexity index is 997. The van der Waals surface area contributed by atoms with Crippen LogP contribution in [0.4, 0.5) is 0 Å². The average molecular weight is 381 g/mol. The van der Waals surface area contributed by atoms with Crippen LogP contribution in [0.2, 0.25) is 0 Å². The minimum Gasteiger partial charge on any atom is -0.493 e. The number of hydrogen-bond donors (Lipinski definition) is 0. The lowest BCUT2D eigenvalue weighted by Crippen LogP contribution is -2.26. The zero-order valence-electron chi connectivity index (χ0n) is 16.6. The summed E-state index contributed by atoms with van der Waals surface area (Å²) in [7, 11) is 4.84. The standard InChI is InChI=1S/C21H23N3O4/c1-13-6-7-16(10-14(13)2)21(25)24(3)12-19-22-23-20(28-19)15-8-9-17(26-4)18(11-15)27-5/h6-11H,12H2,1-5H3. The van der Waals surface area contributed by atoms with Crippen molar-refractivity contribution in [1.29, 1.82) is 0 Å². The van der Waals surface area contributed by atoms with Gasteiger partial charge in [-0.2, -0.15) is 0 Å². The molecule has 0 aliphatic rings. The summed E-state index contributed by atoms with van der Waals surface area (Å²) in [5.41, 5.74) is 3.56. The van der Waals surface area contributed by atoms with Crippen LogP contribution in [0.5, 0.6) is 11.5 Å². The highest BCUT2D eigenvalue weighted by atomic mass is 16.5. The van der Waals surface area contributed by atoms with E-state index in [0.717, 1.165) is 11.1 Å². The van der Waals surface area contributed by atoms with E-state index in [1.165, 1.54) is 0 Å². The Morgan fingerprint density at radius 1 is 1.00 bits per heavy atom. The molecule has 0 radical (unpaired) electrons. The first-order valence-electron chi connectivity index (χ1n) is 8.80. The number of amides is 1. The molecule has 3 rings (SSSR count). The molecule has 0 N–H and O–H groups in total. The summed E-state index contributed by atoms with van der Waals surface area (Å²) in [4.78, 5) is 14.2. The van der Waals surface area contributed by atoms with Gasteiger partial charge in [0.25, 0.3) is 5.91 Å². The molecule has 0 spiro atoms. The first kappa shape index (κ1) is 19.4. The number of ether oxygens (including phenoxy) is 2. The summed E-state index contributed by atoms with van der Waals surface area (Å²) in [5.74, 6) is 1.79. The Labute approximate surface area is 163 Å². The van der Waals surface area contributed by atoms with E-state index in [0.29, 0.717) is 34.4 Å². The van der Waals surface area contributed by atoms with Crippen molar-refractivity contribution in [3.8, 4) is 23.0 Å². The molecule has 0 aliphatic heterocycles. The van der Waals surface area contributed by atoms with Gasteiger partial charge in [-0.1, -0.05) is 6.07 Å². The molecule has 0 saturated heterocycles. The maximum absolute atomic E-state index is 12.6. The van der Waals surface area contributed by atoms with Crippen LogP contribution in [0.3, 0.4) is 0 Å². The molecule has 7 nitrogen and oxygen atoms in total. The Hall–Kier alpha value is -3.35. The fraction of sp³-hybridized carbons (Fsp3) is 0.286. The van der Waals surface area contributed by atoms with Crippen LogP contribution in [0.1, 0.15) is 27.4 Å². The van der Waals surface area contributed by atoms with Gasteiger partial charge in [-0.25, -0.2) is 0 Å². The summed E-state index contributed by atoms with van der Waals surface area (Å²) >= 11 is 0. The van der Waals surface area contributed by atoms with Crippen molar-refractivity contribution in [2.75, 3.05) is 21.3 Å². The van der Waals surface area contributed by atoms with Gasteiger partial charge in [0.15, 0.2) is 11.5 Å². The van der Waals surface area contributed by atoms with Crippen LogP contribution < -0.4 is 9.47 Å². The van der Waals surface area contributed by atoms with Crippen LogP contribution >= 0.6 is 0 Å². The van der Waals surface area contributed by atoms with Crippen LogP contribution in [-0.4, -0.2) is 42.3 Å². The van der Waals surface area contributed by atoms with Gasteiger partial charge in [0.05, 0.1) is 20.8 Å². The molecule has 2 aromatic carbocycles. The number of methoxy groups -OCH3 is 2. The highest BCUT2D eigenvalue weighted by Gasteiger charge is 2.17. The lowest BCUT2D eigenvalue weighted by Gasteiger charge is -2.15. The van der Waals surface area contributed by atoms with E-state index in [2.05, 4.69) is 10.2 Å². The van der Waals surface area contributed by atoms with E-state index in [1.807, 2.05) is 38.1 Å². The molecule has 0 fully saturated rings. The normalized spacial score (nSPS) is 10.6. The molecule has 0 bridgehead atoms. The summed E-state index contributed by atoms with van der Waals surface area (Å²) in [5, 5.41) is 8.13. The molecule has 1 heterocycles. The van der Waals surface area contributed by atoms with Crippen LogP contribution in [0.25, 0.3) is 11.5 Å². The second kappa shape index (κ2) is 8.12. The number of rotatable bonds is 6. The molecule has 1 aromatic heterocycles. The van der Waals surface area contributed by atoms with Gasteiger partial charge in [-0.05, 0) is 55.3 Å². The van der Waals surface area contributed by atoms with Gasteiger partial charge in [-0.15, -0.1) is 10.2 Å². The number of aromatic nitrogens is 2. The van der Waals surface area contributed by atoms with Gasteiger partial charge in [0.2, 0.25) is 11.8 Å². The zero-order chi connectivity index (χ0) is 20.3. The van der Waals surface area contributed by atoms with E-state index < -0.39 is 0 Å². The van der Waals surface area contributed by atoms with Crippen LogP contribution in [0, 0.1) is 13.8 Å². The third-order valence-electron chi connectivity index (χ3n) is 4.57. The minimum atomic E-state index is -0.103. The predicted octanol–water partition coefficient (Wildman–Crippen LogP) is 3.64. The van der Waals surface area contributed by atoms with Crippen molar-refractivity contribution in [1.82, 2.24) is 15.1 Å². The topological polar surface area (TPSA) is 77.7 Å². The van der Waals surface area contributed by atoms with Crippen molar-refractivity contribution < 1.29 is 18.7 Å². The number of hydrogen-bond acceptors (Lipinski definition) is 6. The molecule has 0 saturated carbocycles. The lowest BCUT2D eigenvalue weighted by molar-refractivity contribution is 0.0773. The van der Waals surface area contributed by atoms with Crippen molar-refractivity contribution >= 4 is 5.91 Å². The van der Waals surface area contributed by atoms with Crippen LogP contribution in [0.15, 0.2) is 40.8 Å². The van der Waals surface area contributed by atoms with E-state index in [4.69, 9.17) is 13.9 Å². The summed E-state index contributed by atoms with van der Waals surface area (Å²) in [6.07, 6.45) is 0. The molecular formula is C21H23N3O4. The smallest absolute Gasteiger partial charge is 0.254 e. The quantitative estimate of drug-likeness (QED) is 0.649. The molecule has 28 heavy (non-hydrogen) atoms. The summed E-state index contributed by atoms with van der Waals surface area (Å²) in [6.45, 7) is 4.22. The van der Waals surface area contributed by atoms with Crippen molar-refractivity contribution in [3.05, 3.63) is 59.0 Å². The Morgan fingerprint density at radius 2 is 1.75 bits per heavy atom. The fourth-order valence-electron chi connectivity index (χ4n) is 2.77.